The van der Waals surface area contributed by atoms with Crippen LogP contribution in [0.5, 0.6) is 0 Å². The number of nitrogens with zero attached hydrogens (tertiary/aromatic N) is 1. The topological polar surface area (TPSA) is 77.1 Å². The summed E-state index contributed by atoms with van der Waals surface area (Å²) in [6, 6.07) is 8.27. The normalized spacial score (nSPS) is 13.1. The van der Waals surface area contributed by atoms with Crippen LogP contribution in [0.15, 0.2) is 35.1 Å². The minimum atomic E-state index is -0.665. The number of benzene rings is 1. The number of pyridine rings is 1. The number of nitrogen functional groups attached to an aromatic ring is 1. The fourth-order valence-electron chi connectivity index (χ4n) is 2.28. The van der Waals surface area contributed by atoms with Gasteiger partial charge in [-0.3, -0.25) is 14.2 Å². The molecule has 0 aliphatic carbocycles. The van der Waals surface area contributed by atoms with Crippen molar-refractivity contribution in [3.05, 3.63) is 40.7 Å². The van der Waals surface area contributed by atoms with Crippen molar-refractivity contribution in [2.24, 2.45) is 0 Å². The highest BCUT2D eigenvalue weighted by molar-refractivity contribution is 5.86. The van der Waals surface area contributed by atoms with Crippen LogP contribution < -0.4 is 16.6 Å². The maximum Gasteiger partial charge on any atom is 0.260 e. The number of aromatic nitrogens is 1. The zero-order valence-electron chi connectivity index (χ0n) is 12.8. The van der Waals surface area contributed by atoms with Crippen LogP contribution in [0.3, 0.4) is 0 Å². The molecule has 0 bridgehead atoms. The summed E-state index contributed by atoms with van der Waals surface area (Å²) in [7, 11) is 0. The molecule has 0 aliphatic rings. The highest BCUT2D eigenvalue weighted by Gasteiger charge is 2.23. The molecule has 0 fully saturated rings. The Morgan fingerprint density at radius 3 is 2.52 bits per heavy atom. The summed E-state index contributed by atoms with van der Waals surface area (Å²) < 4.78 is 1.34. The molecule has 0 aliphatic heterocycles. The first-order valence-electron chi connectivity index (χ1n) is 6.92. The monoisotopic (exact) mass is 287 g/mol. The molecule has 0 spiro atoms. The lowest BCUT2D eigenvalue weighted by Crippen LogP contribution is -2.45. The number of rotatable bonds is 2. The van der Waals surface area contributed by atoms with Crippen molar-refractivity contribution in [1.82, 2.24) is 9.88 Å². The number of nitrogens with one attached hydrogen (secondary N) is 1. The summed E-state index contributed by atoms with van der Waals surface area (Å²) >= 11 is 0. The maximum atomic E-state index is 12.6. The number of fused-ring (bicyclic) bond motifs is 1. The molecule has 112 valence electrons. The lowest BCUT2D eigenvalue weighted by molar-refractivity contribution is -0.125. The number of carbonyl (C=O) groups excluding carboxylic acids is 1. The van der Waals surface area contributed by atoms with Crippen LogP contribution in [0, 0.1) is 0 Å². The summed E-state index contributed by atoms with van der Waals surface area (Å²) in [5, 5.41) is 4.20. The first-order chi connectivity index (χ1) is 9.70. The molecule has 5 heteroatoms. The van der Waals surface area contributed by atoms with Crippen molar-refractivity contribution < 1.29 is 4.79 Å². The van der Waals surface area contributed by atoms with Gasteiger partial charge in [0.25, 0.3) is 5.56 Å². The van der Waals surface area contributed by atoms with E-state index in [4.69, 9.17) is 5.73 Å². The SMILES string of the molecule is CC(C(=O)NC(C)(C)C)n1c(N)cc2ccccc2c1=O. The van der Waals surface area contributed by atoms with Gasteiger partial charge in [-0.25, -0.2) is 0 Å². The molecule has 0 radical (unpaired) electrons. The lowest BCUT2D eigenvalue weighted by Gasteiger charge is -2.25. The second kappa shape index (κ2) is 5.24. The van der Waals surface area contributed by atoms with Crippen molar-refractivity contribution in [3.8, 4) is 0 Å². The summed E-state index contributed by atoms with van der Waals surface area (Å²) in [5.74, 6) is 0.0573. The van der Waals surface area contributed by atoms with Crippen LogP contribution >= 0.6 is 0 Å². The van der Waals surface area contributed by atoms with E-state index in [2.05, 4.69) is 5.32 Å². The van der Waals surface area contributed by atoms with E-state index in [1.165, 1.54) is 4.57 Å². The number of hydrogen-bond donors (Lipinski definition) is 2. The molecule has 2 aromatic rings. The standard InChI is InChI=1S/C16H21N3O2/c1-10(14(20)18-16(2,3)4)19-13(17)9-11-7-5-6-8-12(11)15(19)21/h5-10H,17H2,1-4H3,(H,18,20). The van der Waals surface area contributed by atoms with Gasteiger partial charge < -0.3 is 11.1 Å². The van der Waals surface area contributed by atoms with Gasteiger partial charge >= 0.3 is 0 Å². The minimum absolute atomic E-state index is 0.230. The molecule has 5 nitrogen and oxygen atoms in total. The maximum absolute atomic E-state index is 12.6. The number of anilines is 1. The van der Waals surface area contributed by atoms with Gasteiger partial charge in [0, 0.05) is 10.9 Å². The van der Waals surface area contributed by atoms with E-state index < -0.39 is 6.04 Å². The number of amides is 1. The van der Waals surface area contributed by atoms with Crippen molar-refractivity contribution in [1.29, 1.82) is 0 Å². The van der Waals surface area contributed by atoms with Crippen LogP contribution in [0.4, 0.5) is 5.82 Å². The van der Waals surface area contributed by atoms with Gasteiger partial charge in [-0.15, -0.1) is 0 Å². The zero-order chi connectivity index (χ0) is 15.8. The Kier molecular flexibility index (Phi) is 3.77. The van der Waals surface area contributed by atoms with Gasteiger partial charge in [0.05, 0.1) is 0 Å². The Morgan fingerprint density at radius 2 is 1.90 bits per heavy atom. The minimum Gasteiger partial charge on any atom is -0.385 e. The lowest BCUT2D eigenvalue weighted by atomic mass is 10.1. The molecule has 0 saturated heterocycles. The molecule has 1 amide bonds. The Morgan fingerprint density at radius 1 is 1.29 bits per heavy atom. The third-order valence-electron chi connectivity index (χ3n) is 3.26. The van der Waals surface area contributed by atoms with Gasteiger partial charge in [0.2, 0.25) is 5.91 Å². The Balaban J connectivity index is 2.51. The molecule has 1 heterocycles. The second-order valence-corrected chi connectivity index (χ2v) is 6.25. The summed E-state index contributed by atoms with van der Waals surface area (Å²) in [6.45, 7) is 7.35. The van der Waals surface area contributed by atoms with Gasteiger partial charge in [-0.05, 0) is 45.2 Å². The van der Waals surface area contributed by atoms with Gasteiger partial charge in [-0.1, -0.05) is 18.2 Å². The molecule has 1 aromatic carbocycles. The zero-order valence-corrected chi connectivity index (χ0v) is 12.8. The predicted octanol–water partition coefficient (Wildman–Crippen LogP) is 2.06. The third-order valence-corrected chi connectivity index (χ3v) is 3.26. The van der Waals surface area contributed by atoms with E-state index in [1.807, 2.05) is 32.9 Å². The van der Waals surface area contributed by atoms with Crippen molar-refractivity contribution in [2.75, 3.05) is 5.73 Å². The largest absolute Gasteiger partial charge is 0.385 e. The molecule has 1 atom stereocenters. The molecule has 0 saturated carbocycles. The van der Waals surface area contributed by atoms with E-state index in [0.29, 0.717) is 5.39 Å². The average Bonchev–Trinajstić information content (AvgIpc) is 2.36. The van der Waals surface area contributed by atoms with Crippen molar-refractivity contribution in [2.45, 2.75) is 39.3 Å². The summed E-state index contributed by atoms with van der Waals surface area (Å²) in [4.78, 5) is 24.8. The van der Waals surface area contributed by atoms with Crippen LogP contribution in [-0.4, -0.2) is 16.0 Å². The smallest absolute Gasteiger partial charge is 0.260 e. The van der Waals surface area contributed by atoms with E-state index in [-0.39, 0.29) is 22.8 Å². The second-order valence-electron chi connectivity index (χ2n) is 6.25. The van der Waals surface area contributed by atoms with Gasteiger partial charge in [-0.2, -0.15) is 0 Å². The van der Waals surface area contributed by atoms with E-state index in [9.17, 15) is 9.59 Å². The Bertz CT molecular complexity index is 741. The predicted molar refractivity (Wildman–Crippen MR) is 85.2 cm³/mol. The van der Waals surface area contributed by atoms with E-state index in [1.54, 1.807) is 25.1 Å². The number of carbonyl (C=O) groups is 1. The quantitative estimate of drug-likeness (QED) is 0.887. The van der Waals surface area contributed by atoms with E-state index in [0.717, 1.165) is 5.39 Å². The van der Waals surface area contributed by atoms with Gasteiger partial charge in [0.15, 0.2) is 0 Å². The highest BCUT2D eigenvalue weighted by atomic mass is 16.2. The third kappa shape index (κ3) is 3.07. The fraction of sp³-hybridized carbons (Fsp3) is 0.375. The molecule has 2 rings (SSSR count). The van der Waals surface area contributed by atoms with Crippen LogP contribution in [0.1, 0.15) is 33.7 Å². The van der Waals surface area contributed by atoms with Crippen molar-refractivity contribution in [3.63, 3.8) is 0 Å². The van der Waals surface area contributed by atoms with Crippen LogP contribution in [0.2, 0.25) is 0 Å². The van der Waals surface area contributed by atoms with Crippen LogP contribution in [-0.2, 0) is 4.79 Å². The molecular weight excluding hydrogens is 266 g/mol. The highest BCUT2D eigenvalue weighted by Crippen LogP contribution is 2.17. The summed E-state index contributed by atoms with van der Waals surface area (Å²) in [5.41, 5.74) is 5.36. The molecular formula is C16H21N3O2. The molecule has 1 aromatic heterocycles. The first kappa shape index (κ1) is 15.1. The van der Waals surface area contributed by atoms with Crippen molar-refractivity contribution >= 4 is 22.5 Å². The Labute approximate surface area is 123 Å². The first-order valence-corrected chi connectivity index (χ1v) is 6.92. The van der Waals surface area contributed by atoms with Gasteiger partial charge in [0.1, 0.15) is 11.9 Å². The Hall–Kier alpha value is -2.30. The fourth-order valence-corrected chi connectivity index (χ4v) is 2.28. The van der Waals surface area contributed by atoms with Crippen LogP contribution in [0.25, 0.3) is 10.8 Å². The number of hydrogen-bond acceptors (Lipinski definition) is 3. The average molecular weight is 287 g/mol. The molecule has 3 N–H and O–H groups in total. The summed E-state index contributed by atoms with van der Waals surface area (Å²) in [6.07, 6.45) is 0. The molecule has 21 heavy (non-hydrogen) atoms. The number of nitrogens with two attached hydrogens (primary N) is 1. The molecule has 1 unspecified atom stereocenters. The van der Waals surface area contributed by atoms with E-state index >= 15 is 0 Å².